The second kappa shape index (κ2) is 8.11. The lowest BCUT2D eigenvalue weighted by atomic mass is 9.88. The van der Waals surface area contributed by atoms with Crippen LogP contribution in [0.3, 0.4) is 0 Å². The van der Waals surface area contributed by atoms with E-state index in [2.05, 4.69) is 29.6 Å². The lowest BCUT2D eigenvalue weighted by Crippen LogP contribution is -2.41. The van der Waals surface area contributed by atoms with E-state index in [0.717, 1.165) is 19.4 Å². The minimum Gasteiger partial charge on any atom is -0.376 e. The highest BCUT2D eigenvalue weighted by atomic mass is 16.5. The lowest BCUT2D eigenvalue weighted by Gasteiger charge is -2.22. The van der Waals surface area contributed by atoms with E-state index in [0.29, 0.717) is 6.42 Å². The van der Waals surface area contributed by atoms with E-state index in [1.807, 2.05) is 43.3 Å². The first kappa shape index (κ1) is 16.7. The van der Waals surface area contributed by atoms with Crippen LogP contribution in [0.5, 0.6) is 0 Å². The van der Waals surface area contributed by atoms with Gasteiger partial charge in [0, 0.05) is 18.9 Å². The quantitative estimate of drug-likeness (QED) is 0.876. The smallest absolute Gasteiger partial charge is 0.221 e. The third kappa shape index (κ3) is 4.24. The van der Waals surface area contributed by atoms with Crippen LogP contribution in [0.2, 0.25) is 0 Å². The SMILES string of the molecule is CC(NC(=O)CC(c1ccccc1)c1ccccc1)C1CCCO1. The van der Waals surface area contributed by atoms with Crippen molar-refractivity contribution in [3.8, 4) is 0 Å². The zero-order valence-corrected chi connectivity index (χ0v) is 14.2. The summed E-state index contributed by atoms with van der Waals surface area (Å²) < 4.78 is 5.68. The van der Waals surface area contributed by atoms with Gasteiger partial charge >= 0.3 is 0 Å². The molecule has 0 aliphatic carbocycles. The number of benzene rings is 2. The number of carbonyl (C=O) groups is 1. The Morgan fingerprint density at radius 3 is 2.17 bits per heavy atom. The first-order chi connectivity index (χ1) is 11.7. The van der Waals surface area contributed by atoms with Gasteiger partial charge < -0.3 is 10.1 Å². The zero-order valence-electron chi connectivity index (χ0n) is 14.2. The van der Waals surface area contributed by atoms with Crippen molar-refractivity contribution in [2.75, 3.05) is 6.61 Å². The number of amides is 1. The second-order valence-electron chi connectivity index (χ2n) is 6.49. The van der Waals surface area contributed by atoms with Gasteiger partial charge in [-0.1, -0.05) is 60.7 Å². The molecule has 1 amide bonds. The fourth-order valence-electron chi connectivity index (χ4n) is 3.39. The number of hydrogen-bond donors (Lipinski definition) is 1. The van der Waals surface area contributed by atoms with Gasteiger partial charge in [-0.2, -0.15) is 0 Å². The van der Waals surface area contributed by atoms with Crippen LogP contribution in [0.15, 0.2) is 60.7 Å². The minimum absolute atomic E-state index is 0.0622. The Hall–Kier alpha value is -2.13. The van der Waals surface area contributed by atoms with Crippen LogP contribution in [-0.2, 0) is 9.53 Å². The molecule has 1 N–H and O–H groups in total. The molecule has 3 rings (SSSR count). The molecule has 2 unspecified atom stereocenters. The van der Waals surface area contributed by atoms with Crippen LogP contribution in [0, 0.1) is 0 Å². The monoisotopic (exact) mass is 323 g/mol. The normalized spacial score (nSPS) is 18.5. The third-order valence-electron chi connectivity index (χ3n) is 4.70. The van der Waals surface area contributed by atoms with Gasteiger partial charge in [-0.15, -0.1) is 0 Å². The van der Waals surface area contributed by atoms with E-state index in [1.165, 1.54) is 11.1 Å². The second-order valence-corrected chi connectivity index (χ2v) is 6.49. The summed E-state index contributed by atoms with van der Waals surface area (Å²) >= 11 is 0. The summed E-state index contributed by atoms with van der Waals surface area (Å²) in [5, 5.41) is 3.13. The van der Waals surface area contributed by atoms with Crippen molar-refractivity contribution in [3.63, 3.8) is 0 Å². The summed E-state index contributed by atoms with van der Waals surface area (Å²) in [6, 6.07) is 20.5. The summed E-state index contributed by atoms with van der Waals surface area (Å²) in [5.74, 6) is 0.153. The molecule has 0 bridgehead atoms. The van der Waals surface area contributed by atoms with Crippen LogP contribution in [0.4, 0.5) is 0 Å². The Morgan fingerprint density at radius 1 is 1.08 bits per heavy atom. The first-order valence-corrected chi connectivity index (χ1v) is 8.75. The van der Waals surface area contributed by atoms with Crippen molar-refractivity contribution in [2.45, 2.75) is 44.2 Å². The number of carbonyl (C=O) groups excluding carboxylic acids is 1. The highest BCUT2D eigenvalue weighted by molar-refractivity contribution is 5.78. The van der Waals surface area contributed by atoms with Crippen molar-refractivity contribution in [3.05, 3.63) is 71.8 Å². The predicted molar refractivity (Wildman–Crippen MR) is 95.9 cm³/mol. The molecule has 1 heterocycles. The Balaban J connectivity index is 1.71. The van der Waals surface area contributed by atoms with Crippen LogP contribution >= 0.6 is 0 Å². The molecular formula is C21H25NO2. The molecule has 126 valence electrons. The average molecular weight is 323 g/mol. The standard InChI is InChI=1S/C21H25NO2/c1-16(20-13-8-14-24-20)22-21(23)15-19(17-9-4-2-5-10-17)18-11-6-3-7-12-18/h2-7,9-12,16,19-20H,8,13-15H2,1H3,(H,22,23). The van der Waals surface area contributed by atoms with Crippen molar-refractivity contribution < 1.29 is 9.53 Å². The summed E-state index contributed by atoms with van der Waals surface area (Å²) in [6.45, 7) is 2.84. The van der Waals surface area contributed by atoms with E-state index in [1.54, 1.807) is 0 Å². The molecule has 0 saturated carbocycles. The molecule has 2 atom stereocenters. The molecular weight excluding hydrogens is 298 g/mol. The van der Waals surface area contributed by atoms with E-state index < -0.39 is 0 Å². The van der Waals surface area contributed by atoms with Gasteiger partial charge in [0.05, 0.1) is 12.1 Å². The zero-order chi connectivity index (χ0) is 16.8. The molecule has 3 nitrogen and oxygen atoms in total. The average Bonchev–Trinajstić information content (AvgIpc) is 3.16. The van der Waals surface area contributed by atoms with E-state index in [9.17, 15) is 4.79 Å². The predicted octanol–water partition coefficient (Wildman–Crippen LogP) is 3.89. The van der Waals surface area contributed by atoms with Gasteiger partial charge in [0.1, 0.15) is 0 Å². The molecule has 3 heteroatoms. The number of nitrogens with one attached hydrogen (secondary N) is 1. The topological polar surface area (TPSA) is 38.3 Å². The van der Waals surface area contributed by atoms with Crippen LogP contribution in [0.25, 0.3) is 0 Å². The summed E-state index contributed by atoms with van der Waals surface area (Å²) in [5.41, 5.74) is 2.34. The Labute approximate surface area is 144 Å². The van der Waals surface area contributed by atoms with Gasteiger partial charge in [-0.05, 0) is 30.9 Å². The molecule has 2 aromatic carbocycles. The molecule has 0 spiro atoms. The largest absolute Gasteiger partial charge is 0.376 e. The van der Waals surface area contributed by atoms with E-state index >= 15 is 0 Å². The number of ether oxygens (including phenoxy) is 1. The maximum atomic E-state index is 12.6. The Morgan fingerprint density at radius 2 is 1.67 bits per heavy atom. The fraction of sp³-hybridized carbons (Fsp3) is 0.381. The van der Waals surface area contributed by atoms with Gasteiger partial charge in [0.25, 0.3) is 0 Å². The Kier molecular flexibility index (Phi) is 5.65. The molecule has 1 aliphatic rings. The number of hydrogen-bond acceptors (Lipinski definition) is 2. The summed E-state index contributed by atoms with van der Waals surface area (Å²) in [4.78, 5) is 12.6. The first-order valence-electron chi connectivity index (χ1n) is 8.75. The van der Waals surface area contributed by atoms with E-state index in [4.69, 9.17) is 4.74 Å². The molecule has 1 aliphatic heterocycles. The molecule has 0 radical (unpaired) electrons. The van der Waals surface area contributed by atoms with Crippen molar-refractivity contribution >= 4 is 5.91 Å². The van der Waals surface area contributed by atoms with Crippen LogP contribution < -0.4 is 5.32 Å². The lowest BCUT2D eigenvalue weighted by molar-refractivity contribution is -0.122. The molecule has 1 saturated heterocycles. The molecule has 0 aromatic heterocycles. The maximum Gasteiger partial charge on any atom is 0.221 e. The molecule has 2 aromatic rings. The highest BCUT2D eigenvalue weighted by Crippen LogP contribution is 2.28. The van der Waals surface area contributed by atoms with Crippen molar-refractivity contribution in [1.82, 2.24) is 5.32 Å². The summed E-state index contributed by atoms with van der Waals surface area (Å²) in [6.07, 6.45) is 2.72. The molecule has 24 heavy (non-hydrogen) atoms. The maximum absolute atomic E-state index is 12.6. The van der Waals surface area contributed by atoms with Gasteiger partial charge in [-0.3, -0.25) is 4.79 Å². The van der Waals surface area contributed by atoms with Crippen molar-refractivity contribution in [2.24, 2.45) is 0 Å². The Bertz CT molecular complexity index is 596. The summed E-state index contributed by atoms with van der Waals surface area (Å²) in [7, 11) is 0. The third-order valence-corrected chi connectivity index (χ3v) is 4.70. The fourth-order valence-corrected chi connectivity index (χ4v) is 3.39. The van der Waals surface area contributed by atoms with Crippen molar-refractivity contribution in [1.29, 1.82) is 0 Å². The molecule has 1 fully saturated rings. The van der Waals surface area contributed by atoms with Gasteiger partial charge in [0.15, 0.2) is 0 Å². The van der Waals surface area contributed by atoms with E-state index in [-0.39, 0.29) is 24.0 Å². The minimum atomic E-state index is 0.0622. The van der Waals surface area contributed by atoms with Crippen LogP contribution in [-0.4, -0.2) is 24.7 Å². The van der Waals surface area contributed by atoms with Gasteiger partial charge in [-0.25, -0.2) is 0 Å². The number of rotatable bonds is 6. The van der Waals surface area contributed by atoms with Gasteiger partial charge in [0.2, 0.25) is 5.91 Å². The van der Waals surface area contributed by atoms with Crippen LogP contribution in [0.1, 0.15) is 43.2 Å². The highest BCUT2D eigenvalue weighted by Gasteiger charge is 2.25.